The third-order valence-corrected chi connectivity index (χ3v) is 2.00. The van der Waals surface area contributed by atoms with Gasteiger partial charge in [0.1, 0.15) is 5.75 Å². The topological polar surface area (TPSA) is 63.6 Å². The van der Waals surface area contributed by atoms with Gasteiger partial charge in [-0.1, -0.05) is 12.1 Å². The van der Waals surface area contributed by atoms with Crippen molar-refractivity contribution in [1.29, 1.82) is 0 Å². The molecule has 0 saturated carbocycles. The maximum Gasteiger partial charge on any atom is 0.446 e. The molecule has 0 aromatic heterocycles. The van der Waals surface area contributed by atoms with Crippen LogP contribution in [0.25, 0.3) is 6.08 Å². The van der Waals surface area contributed by atoms with E-state index in [0.29, 0.717) is 6.08 Å². The highest BCUT2D eigenvalue weighted by Crippen LogP contribution is 2.18. The fraction of sp³-hybridized carbons (Fsp3) is 0.111. The molecule has 0 saturated heterocycles. The second-order valence-corrected chi connectivity index (χ2v) is 3.93. The van der Waals surface area contributed by atoms with Crippen LogP contribution in [-0.4, -0.2) is 19.4 Å². The summed E-state index contributed by atoms with van der Waals surface area (Å²) < 4.78 is 69.2. The Morgan fingerprint density at radius 2 is 1.82 bits per heavy atom. The lowest BCUT2D eigenvalue weighted by Gasteiger charge is -2.01. The van der Waals surface area contributed by atoms with Gasteiger partial charge in [-0.2, -0.15) is 8.42 Å². The highest BCUT2D eigenvalue weighted by atomic mass is 32.3. The molecule has 0 aliphatic rings. The summed E-state index contributed by atoms with van der Waals surface area (Å²) >= 11 is 0. The van der Waals surface area contributed by atoms with E-state index < -0.39 is 22.7 Å². The molecule has 17 heavy (non-hydrogen) atoms. The summed E-state index contributed by atoms with van der Waals surface area (Å²) in [4.78, 5) is 0. The van der Waals surface area contributed by atoms with E-state index in [0.717, 1.165) is 24.3 Å². The molecule has 0 spiro atoms. The Labute approximate surface area is 95.3 Å². The summed E-state index contributed by atoms with van der Waals surface area (Å²) in [5.74, 6) is -1.82. The van der Waals surface area contributed by atoms with Crippen LogP contribution in [-0.2, 0) is 10.4 Å². The SMILES string of the molecule is O=S(=O)(O)Oc1ccc(C=C(F)C(F)F)cc1. The highest BCUT2D eigenvalue weighted by Gasteiger charge is 2.10. The van der Waals surface area contributed by atoms with Crippen LogP contribution < -0.4 is 4.18 Å². The molecule has 1 rings (SSSR count). The molecular weight excluding hydrogens is 261 g/mol. The Balaban J connectivity index is 2.86. The zero-order valence-electron chi connectivity index (χ0n) is 8.18. The normalized spacial score (nSPS) is 12.9. The molecule has 0 atom stereocenters. The van der Waals surface area contributed by atoms with E-state index in [-0.39, 0.29) is 11.3 Å². The first-order valence-electron chi connectivity index (χ1n) is 4.20. The third-order valence-electron chi connectivity index (χ3n) is 1.59. The van der Waals surface area contributed by atoms with Crippen molar-refractivity contribution in [3.05, 3.63) is 35.7 Å². The lowest BCUT2D eigenvalue weighted by Crippen LogP contribution is -2.06. The second kappa shape index (κ2) is 5.19. The van der Waals surface area contributed by atoms with Gasteiger partial charge in [-0.25, -0.2) is 13.2 Å². The molecule has 1 N–H and O–H groups in total. The molecule has 1 aromatic carbocycles. The van der Waals surface area contributed by atoms with E-state index in [4.69, 9.17) is 4.55 Å². The Morgan fingerprint density at radius 3 is 2.24 bits per heavy atom. The number of allylic oxidation sites excluding steroid dienone is 1. The highest BCUT2D eigenvalue weighted by molar-refractivity contribution is 7.81. The van der Waals surface area contributed by atoms with Crippen molar-refractivity contribution < 1.29 is 30.3 Å². The first kappa shape index (κ1) is 13.5. The smallest absolute Gasteiger partial charge is 0.362 e. The van der Waals surface area contributed by atoms with Gasteiger partial charge in [-0.3, -0.25) is 4.55 Å². The molecule has 0 aliphatic carbocycles. The van der Waals surface area contributed by atoms with Crippen LogP contribution in [0.5, 0.6) is 5.75 Å². The quantitative estimate of drug-likeness (QED) is 0.852. The van der Waals surface area contributed by atoms with Crippen LogP contribution in [0.2, 0.25) is 0 Å². The van der Waals surface area contributed by atoms with Crippen LogP contribution in [0.4, 0.5) is 13.2 Å². The largest absolute Gasteiger partial charge is 0.446 e. The molecule has 0 heterocycles. The average molecular weight is 268 g/mol. The van der Waals surface area contributed by atoms with Crippen molar-refractivity contribution in [2.24, 2.45) is 0 Å². The van der Waals surface area contributed by atoms with Crippen LogP contribution in [0.15, 0.2) is 30.1 Å². The monoisotopic (exact) mass is 268 g/mol. The number of hydrogen-bond donors (Lipinski definition) is 1. The van der Waals surface area contributed by atoms with E-state index >= 15 is 0 Å². The predicted molar refractivity (Wildman–Crippen MR) is 53.7 cm³/mol. The van der Waals surface area contributed by atoms with Gasteiger partial charge in [-0.15, -0.1) is 0 Å². The average Bonchev–Trinajstić information content (AvgIpc) is 2.18. The minimum absolute atomic E-state index is 0.102. The Hall–Kier alpha value is -1.54. The lowest BCUT2D eigenvalue weighted by molar-refractivity contribution is 0.161. The zero-order chi connectivity index (χ0) is 13.1. The van der Waals surface area contributed by atoms with Crippen molar-refractivity contribution in [1.82, 2.24) is 0 Å². The predicted octanol–water partition coefficient (Wildman–Crippen LogP) is 2.44. The Bertz CT molecular complexity index is 508. The van der Waals surface area contributed by atoms with Crippen molar-refractivity contribution in [2.75, 3.05) is 0 Å². The summed E-state index contributed by atoms with van der Waals surface area (Å²) in [6.45, 7) is 0. The van der Waals surface area contributed by atoms with Gasteiger partial charge in [0, 0.05) is 0 Å². The molecule has 8 heteroatoms. The second-order valence-electron chi connectivity index (χ2n) is 2.91. The lowest BCUT2D eigenvalue weighted by atomic mass is 10.2. The maximum absolute atomic E-state index is 12.5. The molecule has 1 aromatic rings. The van der Waals surface area contributed by atoms with Crippen molar-refractivity contribution in [3.8, 4) is 5.75 Å². The zero-order valence-corrected chi connectivity index (χ0v) is 8.99. The van der Waals surface area contributed by atoms with Crippen LogP contribution in [0.1, 0.15) is 5.56 Å². The summed E-state index contributed by atoms with van der Waals surface area (Å²) in [6.07, 6.45) is -2.61. The van der Waals surface area contributed by atoms with Crippen LogP contribution in [0.3, 0.4) is 0 Å². The van der Waals surface area contributed by atoms with Gasteiger partial charge in [0.05, 0.1) is 0 Å². The van der Waals surface area contributed by atoms with E-state index in [1.54, 1.807) is 0 Å². The van der Waals surface area contributed by atoms with Gasteiger partial charge < -0.3 is 4.18 Å². The fourth-order valence-corrected chi connectivity index (χ4v) is 1.32. The van der Waals surface area contributed by atoms with E-state index in [1.165, 1.54) is 0 Å². The molecule has 0 bridgehead atoms. The van der Waals surface area contributed by atoms with E-state index in [9.17, 15) is 21.6 Å². The molecule has 0 aliphatic heterocycles. The number of hydrogen-bond acceptors (Lipinski definition) is 3. The fourth-order valence-electron chi connectivity index (χ4n) is 0.963. The van der Waals surface area contributed by atoms with Gasteiger partial charge >= 0.3 is 10.4 Å². The number of halogens is 3. The summed E-state index contributed by atoms with van der Waals surface area (Å²) in [6, 6.07) is 4.47. The summed E-state index contributed by atoms with van der Waals surface area (Å²) in [7, 11) is -4.64. The molecular formula is C9H7F3O4S. The third kappa shape index (κ3) is 4.87. The summed E-state index contributed by atoms with van der Waals surface area (Å²) in [5, 5.41) is 0. The van der Waals surface area contributed by atoms with Crippen LogP contribution >= 0.6 is 0 Å². The first-order valence-corrected chi connectivity index (χ1v) is 5.56. The molecule has 4 nitrogen and oxygen atoms in total. The summed E-state index contributed by atoms with van der Waals surface area (Å²) in [5.41, 5.74) is 0.102. The Morgan fingerprint density at radius 1 is 1.29 bits per heavy atom. The van der Waals surface area contributed by atoms with Crippen molar-refractivity contribution in [2.45, 2.75) is 6.43 Å². The molecule has 0 radical (unpaired) electrons. The van der Waals surface area contributed by atoms with Crippen molar-refractivity contribution >= 4 is 16.5 Å². The van der Waals surface area contributed by atoms with Gasteiger partial charge in [-0.05, 0) is 23.8 Å². The van der Waals surface area contributed by atoms with Gasteiger partial charge in [0.2, 0.25) is 0 Å². The minimum Gasteiger partial charge on any atom is -0.362 e. The van der Waals surface area contributed by atoms with Crippen molar-refractivity contribution in [3.63, 3.8) is 0 Å². The number of rotatable bonds is 4. The number of benzene rings is 1. The van der Waals surface area contributed by atoms with E-state index in [1.807, 2.05) is 0 Å². The Kier molecular flexibility index (Phi) is 4.13. The first-order chi connectivity index (χ1) is 7.78. The van der Waals surface area contributed by atoms with Gasteiger partial charge in [0.15, 0.2) is 5.83 Å². The minimum atomic E-state index is -4.64. The standard InChI is InChI=1S/C9H7F3O4S/c10-8(9(11)12)5-6-1-3-7(4-2-6)16-17(13,14)15/h1-5,9H,(H,13,14,15). The van der Waals surface area contributed by atoms with Gasteiger partial charge in [0.25, 0.3) is 6.43 Å². The number of alkyl halides is 2. The maximum atomic E-state index is 12.5. The molecule has 0 amide bonds. The molecule has 0 fully saturated rings. The molecule has 0 unspecified atom stereocenters. The van der Waals surface area contributed by atoms with E-state index in [2.05, 4.69) is 4.18 Å². The molecule has 94 valence electrons. The van der Waals surface area contributed by atoms with Crippen LogP contribution in [0, 0.1) is 0 Å².